The van der Waals surface area contributed by atoms with Gasteiger partial charge in [-0.2, -0.15) is 0 Å². The summed E-state index contributed by atoms with van der Waals surface area (Å²) in [6, 6.07) is 7.72. The van der Waals surface area contributed by atoms with E-state index in [0.29, 0.717) is 52.1 Å². The van der Waals surface area contributed by atoms with Gasteiger partial charge in [-0.05, 0) is 24.1 Å². The van der Waals surface area contributed by atoms with Crippen molar-refractivity contribution in [2.45, 2.75) is 31.5 Å². The highest BCUT2D eigenvalue weighted by Crippen LogP contribution is 2.31. The second-order valence-electron chi connectivity index (χ2n) is 6.62. The van der Waals surface area contributed by atoms with Crippen LogP contribution in [0.3, 0.4) is 0 Å². The van der Waals surface area contributed by atoms with Gasteiger partial charge < -0.3 is 24.4 Å². The summed E-state index contributed by atoms with van der Waals surface area (Å²) in [6.07, 6.45) is 1.90. The van der Waals surface area contributed by atoms with Gasteiger partial charge in [0.25, 0.3) is 0 Å². The van der Waals surface area contributed by atoms with Crippen molar-refractivity contribution in [3.63, 3.8) is 0 Å². The van der Waals surface area contributed by atoms with Crippen LogP contribution in [0, 0.1) is 0 Å². The van der Waals surface area contributed by atoms with E-state index >= 15 is 0 Å². The van der Waals surface area contributed by atoms with Crippen molar-refractivity contribution >= 4 is 11.8 Å². The smallest absolute Gasteiger partial charge is 0.232 e. The molecular weight excluding hydrogens is 336 g/mol. The van der Waals surface area contributed by atoms with Crippen LogP contribution in [-0.2, 0) is 25.5 Å². The zero-order valence-electron chi connectivity index (χ0n) is 15.2. The van der Waals surface area contributed by atoms with Crippen LogP contribution in [0.25, 0.3) is 0 Å². The molecule has 2 amide bonds. The first-order valence-electron chi connectivity index (χ1n) is 9.05. The van der Waals surface area contributed by atoms with Gasteiger partial charge in [-0.25, -0.2) is 0 Å². The van der Waals surface area contributed by atoms with Gasteiger partial charge in [0, 0.05) is 32.5 Å². The van der Waals surface area contributed by atoms with Gasteiger partial charge in [-0.3, -0.25) is 9.59 Å². The van der Waals surface area contributed by atoms with Crippen molar-refractivity contribution in [3.05, 3.63) is 29.8 Å². The highest BCUT2D eigenvalue weighted by atomic mass is 16.7. The number of nitrogens with zero attached hydrogens (tertiary/aromatic N) is 1. The van der Waals surface area contributed by atoms with Gasteiger partial charge >= 0.3 is 0 Å². The van der Waals surface area contributed by atoms with Crippen LogP contribution in [0.15, 0.2) is 24.3 Å². The Morgan fingerprint density at radius 3 is 2.65 bits per heavy atom. The lowest BCUT2D eigenvalue weighted by atomic mass is 10.0. The highest BCUT2D eigenvalue weighted by molar-refractivity contribution is 5.96. The molecule has 0 aliphatic carbocycles. The molecule has 7 nitrogen and oxygen atoms in total. The molecule has 7 heteroatoms. The summed E-state index contributed by atoms with van der Waals surface area (Å²) in [5.41, 5.74) is 1.08. The lowest BCUT2D eigenvalue weighted by Gasteiger charge is -2.37. The number of carbonyl (C=O) groups excluding carboxylic acids is 2. The number of likely N-dealkylation sites (tertiary alicyclic amines) is 1. The van der Waals surface area contributed by atoms with Crippen molar-refractivity contribution < 1.29 is 23.8 Å². The first-order chi connectivity index (χ1) is 12.6. The first-order valence-corrected chi connectivity index (χ1v) is 9.05. The fourth-order valence-corrected chi connectivity index (χ4v) is 3.37. The monoisotopic (exact) mass is 362 g/mol. The third-order valence-electron chi connectivity index (χ3n) is 4.87. The van der Waals surface area contributed by atoms with Crippen LogP contribution in [0.4, 0.5) is 0 Å². The van der Waals surface area contributed by atoms with Gasteiger partial charge in [0.05, 0.1) is 20.3 Å². The van der Waals surface area contributed by atoms with Gasteiger partial charge in [0.1, 0.15) is 12.2 Å². The lowest BCUT2D eigenvalue weighted by Crippen LogP contribution is -2.48. The Labute approximate surface area is 153 Å². The zero-order valence-corrected chi connectivity index (χ0v) is 15.2. The lowest BCUT2D eigenvalue weighted by molar-refractivity contribution is -0.187. The van der Waals surface area contributed by atoms with Crippen molar-refractivity contribution in [2.24, 2.45) is 0 Å². The number of ether oxygens (including phenoxy) is 3. The molecule has 1 N–H and O–H groups in total. The molecule has 1 aromatic rings. The number of benzene rings is 1. The van der Waals surface area contributed by atoms with E-state index in [9.17, 15) is 9.59 Å². The van der Waals surface area contributed by atoms with Crippen molar-refractivity contribution in [1.29, 1.82) is 0 Å². The summed E-state index contributed by atoms with van der Waals surface area (Å²) in [6.45, 7) is 2.85. The van der Waals surface area contributed by atoms with Gasteiger partial charge in [0.15, 0.2) is 5.79 Å². The normalized spacial score (nSPS) is 18.7. The van der Waals surface area contributed by atoms with Crippen molar-refractivity contribution in [3.8, 4) is 5.75 Å². The predicted octanol–water partition coefficient (Wildman–Crippen LogP) is 1.11. The topological polar surface area (TPSA) is 77.1 Å². The molecule has 0 saturated carbocycles. The fourth-order valence-electron chi connectivity index (χ4n) is 3.37. The molecule has 2 saturated heterocycles. The average molecular weight is 362 g/mol. The molecule has 26 heavy (non-hydrogen) atoms. The number of nitrogens with one attached hydrogen (secondary N) is 1. The van der Waals surface area contributed by atoms with E-state index in [-0.39, 0.29) is 18.2 Å². The Morgan fingerprint density at radius 1 is 1.23 bits per heavy atom. The summed E-state index contributed by atoms with van der Waals surface area (Å²) in [5, 5.41) is 2.81. The van der Waals surface area contributed by atoms with Crippen LogP contribution < -0.4 is 10.1 Å². The molecule has 0 bridgehead atoms. The Kier molecular flexibility index (Phi) is 6.11. The minimum atomic E-state index is -0.504. The van der Waals surface area contributed by atoms with E-state index in [0.717, 1.165) is 11.3 Å². The van der Waals surface area contributed by atoms with Crippen LogP contribution in [0.5, 0.6) is 5.75 Å². The molecule has 2 aliphatic rings. The molecule has 0 radical (unpaired) electrons. The molecule has 1 aromatic carbocycles. The van der Waals surface area contributed by atoms with E-state index in [1.807, 2.05) is 24.3 Å². The Bertz CT molecular complexity index is 633. The minimum Gasteiger partial charge on any atom is -0.497 e. The van der Waals surface area contributed by atoms with Gasteiger partial charge in [-0.15, -0.1) is 0 Å². The van der Waals surface area contributed by atoms with E-state index in [1.54, 1.807) is 12.0 Å². The maximum atomic E-state index is 12.3. The molecule has 0 aromatic heterocycles. The maximum absolute atomic E-state index is 12.3. The molecule has 2 fully saturated rings. The van der Waals surface area contributed by atoms with Gasteiger partial charge in [0.2, 0.25) is 11.8 Å². The highest BCUT2D eigenvalue weighted by Gasteiger charge is 2.40. The number of hydrogen-bond acceptors (Lipinski definition) is 5. The second kappa shape index (κ2) is 8.51. The number of amides is 2. The standard InChI is InChI=1S/C19H26N2O5/c1-24-16-4-2-3-15(13-16)5-8-20-17(22)14-18(23)21-9-6-19(7-10-21)25-11-12-26-19/h2-4,13H,5-12,14H2,1H3,(H,20,22). The number of hydrogen-bond donors (Lipinski definition) is 1. The SMILES string of the molecule is COc1cccc(CCNC(=O)CC(=O)N2CCC3(CC2)OCCO3)c1. The van der Waals surface area contributed by atoms with Crippen molar-refractivity contribution in [1.82, 2.24) is 10.2 Å². The minimum absolute atomic E-state index is 0.118. The molecule has 3 rings (SSSR count). The van der Waals surface area contributed by atoms with Crippen LogP contribution in [0.2, 0.25) is 0 Å². The summed E-state index contributed by atoms with van der Waals surface area (Å²) in [5.74, 6) is -0.0964. The maximum Gasteiger partial charge on any atom is 0.232 e. The quantitative estimate of drug-likeness (QED) is 0.767. The molecule has 142 valence electrons. The first kappa shape index (κ1) is 18.7. The average Bonchev–Trinajstić information content (AvgIpc) is 3.10. The van der Waals surface area contributed by atoms with E-state index < -0.39 is 5.79 Å². The van der Waals surface area contributed by atoms with Crippen LogP contribution >= 0.6 is 0 Å². The Hall–Kier alpha value is -2.12. The predicted molar refractivity (Wildman–Crippen MR) is 94.8 cm³/mol. The number of methoxy groups -OCH3 is 1. The Balaban J connectivity index is 1.37. The zero-order chi connectivity index (χ0) is 18.4. The summed E-state index contributed by atoms with van der Waals surface area (Å²) in [7, 11) is 1.62. The van der Waals surface area contributed by atoms with Gasteiger partial charge in [-0.1, -0.05) is 12.1 Å². The third kappa shape index (κ3) is 4.74. The summed E-state index contributed by atoms with van der Waals surface area (Å²) >= 11 is 0. The Morgan fingerprint density at radius 2 is 1.96 bits per heavy atom. The molecule has 2 aliphatic heterocycles. The molecule has 2 heterocycles. The van der Waals surface area contributed by atoms with Crippen LogP contribution in [-0.4, -0.2) is 62.5 Å². The third-order valence-corrected chi connectivity index (χ3v) is 4.87. The molecule has 0 unspecified atom stereocenters. The van der Waals surface area contributed by atoms with Crippen molar-refractivity contribution in [2.75, 3.05) is 40.0 Å². The summed E-state index contributed by atoms with van der Waals surface area (Å²) < 4.78 is 16.5. The molecule has 1 spiro atoms. The fraction of sp³-hybridized carbons (Fsp3) is 0.579. The van der Waals surface area contributed by atoms with E-state index in [2.05, 4.69) is 5.32 Å². The number of carbonyl (C=O) groups is 2. The largest absolute Gasteiger partial charge is 0.497 e. The van der Waals surface area contributed by atoms with E-state index in [4.69, 9.17) is 14.2 Å². The van der Waals surface area contributed by atoms with E-state index in [1.165, 1.54) is 0 Å². The molecular formula is C19H26N2O5. The number of piperidine rings is 1. The second-order valence-corrected chi connectivity index (χ2v) is 6.62. The van der Waals surface area contributed by atoms with Crippen LogP contribution in [0.1, 0.15) is 24.8 Å². The number of rotatable bonds is 6. The molecule has 0 atom stereocenters. The summed E-state index contributed by atoms with van der Waals surface area (Å²) in [4.78, 5) is 26.0.